The van der Waals surface area contributed by atoms with Gasteiger partial charge >= 0.3 is 6.18 Å². The first-order chi connectivity index (χ1) is 9.46. The lowest BCUT2D eigenvalue weighted by Gasteiger charge is -2.15. The van der Waals surface area contributed by atoms with E-state index >= 15 is 0 Å². The Hall–Kier alpha value is -1.01. The van der Waals surface area contributed by atoms with Crippen LogP contribution in [0.4, 0.5) is 13.2 Å². The lowest BCUT2D eigenvalue weighted by Crippen LogP contribution is -2.21. The number of ether oxygens (including phenoxy) is 1. The molecule has 1 atom stereocenters. The zero-order valence-electron chi connectivity index (χ0n) is 12.0. The maximum Gasteiger partial charge on any atom is 0.411 e. The molecule has 0 radical (unpaired) electrons. The third-order valence-electron chi connectivity index (χ3n) is 2.98. The Morgan fingerprint density at radius 2 is 2.10 bits per heavy atom. The Morgan fingerprint density at radius 1 is 1.35 bits per heavy atom. The predicted octanol–water partition coefficient (Wildman–Crippen LogP) is 3.52. The zero-order chi connectivity index (χ0) is 15.0. The normalized spacial score (nSPS) is 13.7. The van der Waals surface area contributed by atoms with Crippen LogP contribution in [0.15, 0.2) is 18.5 Å². The van der Waals surface area contributed by atoms with Crippen LogP contribution in [0.3, 0.4) is 0 Å². The van der Waals surface area contributed by atoms with E-state index in [1.54, 1.807) is 0 Å². The van der Waals surface area contributed by atoms with Gasteiger partial charge in [-0.05, 0) is 31.0 Å². The molecule has 3 nitrogen and oxygen atoms in total. The average Bonchev–Trinajstić information content (AvgIpc) is 2.83. The highest BCUT2D eigenvalue weighted by Crippen LogP contribution is 2.17. The Morgan fingerprint density at radius 3 is 2.70 bits per heavy atom. The highest BCUT2D eigenvalue weighted by molar-refractivity contribution is 5.15. The monoisotopic (exact) mass is 292 g/mol. The van der Waals surface area contributed by atoms with Crippen molar-refractivity contribution in [1.82, 2.24) is 9.88 Å². The van der Waals surface area contributed by atoms with Crippen molar-refractivity contribution in [3.63, 3.8) is 0 Å². The molecule has 1 N–H and O–H groups in total. The van der Waals surface area contributed by atoms with Crippen molar-refractivity contribution in [2.45, 2.75) is 45.5 Å². The van der Waals surface area contributed by atoms with E-state index in [9.17, 15) is 13.2 Å². The minimum Gasteiger partial charge on any atom is -0.370 e. The summed E-state index contributed by atoms with van der Waals surface area (Å²) in [7, 11) is 0. The molecule has 0 saturated heterocycles. The van der Waals surface area contributed by atoms with Gasteiger partial charge in [0.15, 0.2) is 0 Å². The fourth-order valence-corrected chi connectivity index (χ4v) is 1.98. The molecule has 1 aromatic heterocycles. The Bertz CT molecular complexity index is 377. The molecule has 0 fully saturated rings. The highest BCUT2D eigenvalue weighted by Gasteiger charge is 2.27. The maximum atomic E-state index is 11.9. The first kappa shape index (κ1) is 17.0. The predicted molar refractivity (Wildman–Crippen MR) is 72.6 cm³/mol. The summed E-state index contributed by atoms with van der Waals surface area (Å²) in [6, 6.07) is 2.30. The summed E-state index contributed by atoms with van der Waals surface area (Å²) in [4.78, 5) is 0. The number of hydrogen-bond acceptors (Lipinski definition) is 2. The van der Waals surface area contributed by atoms with Crippen molar-refractivity contribution in [3.8, 4) is 0 Å². The van der Waals surface area contributed by atoms with Gasteiger partial charge in [-0.15, -0.1) is 0 Å². The second kappa shape index (κ2) is 8.32. The number of nitrogens with one attached hydrogen (secondary N) is 1. The van der Waals surface area contributed by atoms with Gasteiger partial charge < -0.3 is 14.6 Å². The van der Waals surface area contributed by atoms with Crippen LogP contribution in [-0.4, -0.2) is 30.5 Å². The molecule has 0 saturated carbocycles. The lowest BCUT2D eigenvalue weighted by atomic mass is 10.1. The quantitative estimate of drug-likeness (QED) is 0.705. The molecule has 0 bridgehead atoms. The molecular formula is C14H23F3N2O. The van der Waals surface area contributed by atoms with Crippen LogP contribution >= 0.6 is 0 Å². The molecule has 20 heavy (non-hydrogen) atoms. The third-order valence-corrected chi connectivity index (χ3v) is 2.98. The van der Waals surface area contributed by atoms with Gasteiger partial charge in [-0.2, -0.15) is 13.2 Å². The highest BCUT2D eigenvalue weighted by atomic mass is 19.4. The number of aromatic nitrogens is 1. The van der Waals surface area contributed by atoms with Gasteiger partial charge in [-0.1, -0.05) is 13.8 Å². The van der Waals surface area contributed by atoms with Crippen LogP contribution < -0.4 is 5.32 Å². The molecule has 0 aliphatic carbocycles. The van der Waals surface area contributed by atoms with Crippen LogP contribution in [0.1, 0.15) is 38.3 Å². The standard InChI is InChI=1S/C14H23F3N2O/c1-3-6-18-13(4-2)12-5-7-19(10-12)8-9-20-11-14(15,16)17/h5,7,10,13,18H,3-4,6,8-9,11H2,1-2H3. The molecule has 116 valence electrons. The van der Waals surface area contributed by atoms with Crippen molar-refractivity contribution in [3.05, 3.63) is 24.0 Å². The van der Waals surface area contributed by atoms with E-state index in [4.69, 9.17) is 0 Å². The van der Waals surface area contributed by atoms with E-state index in [-0.39, 0.29) is 6.61 Å². The maximum absolute atomic E-state index is 11.9. The van der Waals surface area contributed by atoms with Gasteiger partial charge in [-0.3, -0.25) is 0 Å². The summed E-state index contributed by atoms with van der Waals surface area (Å²) in [5.41, 5.74) is 1.16. The van der Waals surface area contributed by atoms with Gasteiger partial charge in [-0.25, -0.2) is 0 Å². The van der Waals surface area contributed by atoms with Gasteiger partial charge in [0.1, 0.15) is 6.61 Å². The molecule has 1 rings (SSSR count). The summed E-state index contributed by atoms with van der Waals surface area (Å²) in [6.45, 7) is 4.49. The molecule has 1 unspecified atom stereocenters. The summed E-state index contributed by atoms with van der Waals surface area (Å²) in [6.07, 6.45) is 1.65. The summed E-state index contributed by atoms with van der Waals surface area (Å²) < 4.78 is 42.2. The first-order valence-corrected chi connectivity index (χ1v) is 6.99. The van der Waals surface area contributed by atoms with Crippen LogP contribution in [0.2, 0.25) is 0 Å². The van der Waals surface area contributed by atoms with Crippen LogP contribution in [-0.2, 0) is 11.3 Å². The van der Waals surface area contributed by atoms with Crippen molar-refractivity contribution in [2.75, 3.05) is 19.8 Å². The molecule has 1 heterocycles. The molecular weight excluding hydrogens is 269 g/mol. The van der Waals surface area contributed by atoms with E-state index in [1.807, 2.05) is 23.0 Å². The number of alkyl halides is 3. The minimum atomic E-state index is -4.25. The topological polar surface area (TPSA) is 26.2 Å². The zero-order valence-corrected chi connectivity index (χ0v) is 12.0. The van der Waals surface area contributed by atoms with Crippen molar-refractivity contribution in [1.29, 1.82) is 0 Å². The smallest absolute Gasteiger partial charge is 0.370 e. The van der Waals surface area contributed by atoms with E-state index in [2.05, 4.69) is 23.9 Å². The van der Waals surface area contributed by atoms with Gasteiger partial charge in [0.25, 0.3) is 0 Å². The average molecular weight is 292 g/mol. The van der Waals surface area contributed by atoms with Gasteiger partial charge in [0.2, 0.25) is 0 Å². The Labute approximate surface area is 118 Å². The lowest BCUT2D eigenvalue weighted by molar-refractivity contribution is -0.174. The van der Waals surface area contributed by atoms with Crippen molar-refractivity contribution >= 4 is 0 Å². The van der Waals surface area contributed by atoms with E-state index in [1.165, 1.54) is 0 Å². The second-order valence-corrected chi connectivity index (χ2v) is 4.77. The van der Waals surface area contributed by atoms with E-state index < -0.39 is 12.8 Å². The Balaban J connectivity index is 2.38. The number of halogens is 3. The number of rotatable bonds is 9. The summed E-state index contributed by atoms with van der Waals surface area (Å²) in [5, 5.41) is 3.44. The van der Waals surface area contributed by atoms with Gasteiger partial charge in [0.05, 0.1) is 6.61 Å². The summed E-state index contributed by atoms with van der Waals surface area (Å²) >= 11 is 0. The fourth-order valence-electron chi connectivity index (χ4n) is 1.98. The Kier molecular flexibility index (Phi) is 7.09. The second-order valence-electron chi connectivity index (χ2n) is 4.77. The minimum absolute atomic E-state index is 0.0623. The number of hydrogen-bond donors (Lipinski definition) is 1. The fraction of sp³-hybridized carbons (Fsp3) is 0.714. The van der Waals surface area contributed by atoms with Gasteiger partial charge in [0, 0.05) is 25.0 Å². The van der Waals surface area contributed by atoms with Crippen LogP contribution in [0.5, 0.6) is 0 Å². The third kappa shape index (κ3) is 6.43. The first-order valence-electron chi connectivity index (χ1n) is 6.99. The molecule has 1 aromatic rings. The SMILES string of the molecule is CCCNC(CC)c1ccn(CCOCC(F)(F)F)c1. The van der Waals surface area contributed by atoms with E-state index in [0.29, 0.717) is 12.6 Å². The number of nitrogens with zero attached hydrogens (tertiary/aromatic N) is 1. The van der Waals surface area contributed by atoms with Crippen molar-refractivity contribution in [2.24, 2.45) is 0 Å². The summed E-state index contributed by atoms with van der Waals surface area (Å²) in [5.74, 6) is 0. The molecule has 0 aromatic carbocycles. The molecule has 0 aliphatic heterocycles. The van der Waals surface area contributed by atoms with Crippen molar-refractivity contribution < 1.29 is 17.9 Å². The molecule has 0 amide bonds. The largest absolute Gasteiger partial charge is 0.411 e. The molecule has 6 heteroatoms. The molecule has 0 spiro atoms. The van der Waals surface area contributed by atoms with Crippen LogP contribution in [0, 0.1) is 0 Å². The van der Waals surface area contributed by atoms with Crippen LogP contribution in [0.25, 0.3) is 0 Å². The van der Waals surface area contributed by atoms with E-state index in [0.717, 1.165) is 24.9 Å². The molecule has 0 aliphatic rings.